The van der Waals surface area contributed by atoms with Gasteiger partial charge in [0.25, 0.3) is 0 Å². The predicted octanol–water partition coefficient (Wildman–Crippen LogP) is 23.7. The summed E-state index contributed by atoms with van der Waals surface area (Å²) in [5.74, 6) is 0. The summed E-state index contributed by atoms with van der Waals surface area (Å²) in [5, 5.41) is 0. The van der Waals surface area contributed by atoms with Gasteiger partial charge in [-0.25, -0.2) is 9.24 Å². The summed E-state index contributed by atoms with van der Waals surface area (Å²) in [6, 6.07) is 0. The van der Waals surface area contributed by atoms with Gasteiger partial charge in [-0.2, -0.15) is 0 Å². The summed E-state index contributed by atoms with van der Waals surface area (Å²) in [7, 11) is -3.73. The molecule has 0 aromatic heterocycles. The second-order valence-corrected chi connectivity index (χ2v) is 24.2. The van der Waals surface area contributed by atoms with Crippen molar-refractivity contribution in [3.8, 4) is 0 Å². The van der Waals surface area contributed by atoms with Crippen molar-refractivity contribution in [1.82, 2.24) is 4.67 Å². The van der Waals surface area contributed by atoms with Crippen LogP contribution in [0.25, 0.3) is 0 Å². The van der Waals surface area contributed by atoms with Crippen molar-refractivity contribution < 1.29 is 14.0 Å². The van der Waals surface area contributed by atoms with Crippen molar-refractivity contribution >= 4 is 7.75 Å². The monoisotopic (exact) mass is 980 g/mol. The summed E-state index contributed by atoms with van der Waals surface area (Å²) in [6.07, 6.45) is 78.4. The molecule has 0 spiro atoms. The van der Waals surface area contributed by atoms with E-state index in [2.05, 4.69) is 20.8 Å². The van der Waals surface area contributed by atoms with E-state index in [1.807, 2.05) is 4.67 Å². The van der Waals surface area contributed by atoms with Crippen LogP contribution in [0, 0.1) is 0 Å². The average molecular weight is 981 g/mol. The highest BCUT2D eigenvalue weighted by Crippen LogP contribution is 2.47. The van der Waals surface area contributed by atoms with Crippen molar-refractivity contribution in [3.63, 3.8) is 0 Å². The molecular weight excluding hydrogens is 850 g/mol. The van der Waals surface area contributed by atoms with E-state index in [1.54, 1.807) is 0 Å². The van der Waals surface area contributed by atoms with E-state index in [-0.39, 0.29) is 0 Å². The van der Waals surface area contributed by atoms with E-state index >= 15 is 0 Å². The van der Waals surface area contributed by atoms with Gasteiger partial charge in [-0.15, -0.1) is 0 Å². The SMILES string of the molecule is CCCCCCCCCCCCCCCCCCCCCCCCCCCCN(CCCCCCCCCCCCCCCCCCCCCCCCCCCC)P(=O)(O)OCCCCCCC. The zero-order valence-electron chi connectivity index (χ0n) is 47.6. The van der Waals surface area contributed by atoms with Crippen molar-refractivity contribution in [1.29, 1.82) is 0 Å². The van der Waals surface area contributed by atoms with Crippen molar-refractivity contribution in [2.24, 2.45) is 0 Å². The largest absolute Gasteiger partial charge is 0.405 e. The van der Waals surface area contributed by atoms with E-state index in [0.717, 1.165) is 38.5 Å². The Kier molecular flexibility index (Phi) is 59.8. The van der Waals surface area contributed by atoms with Gasteiger partial charge in [-0.3, -0.25) is 4.52 Å². The maximum Gasteiger partial charge on any atom is 0.405 e. The maximum absolute atomic E-state index is 13.4. The Bertz CT molecular complexity index is 890. The van der Waals surface area contributed by atoms with Crippen LogP contribution >= 0.6 is 7.75 Å². The van der Waals surface area contributed by atoms with Crippen LogP contribution in [0.15, 0.2) is 0 Å². The molecular formula is C63H130NO3P. The Hall–Kier alpha value is 0.110. The van der Waals surface area contributed by atoms with E-state index in [1.165, 1.54) is 327 Å². The van der Waals surface area contributed by atoms with Gasteiger partial charge in [-0.05, 0) is 19.3 Å². The lowest BCUT2D eigenvalue weighted by Gasteiger charge is -2.26. The fraction of sp³-hybridized carbons (Fsp3) is 1.00. The Labute approximate surface area is 431 Å². The zero-order chi connectivity index (χ0) is 49.2. The minimum Gasteiger partial charge on any atom is -0.312 e. The molecule has 0 radical (unpaired) electrons. The summed E-state index contributed by atoms with van der Waals surface area (Å²) < 4.78 is 21.0. The lowest BCUT2D eigenvalue weighted by Crippen LogP contribution is -2.24. The van der Waals surface area contributed by atoms with Crippen LogP contribution in [-0.4, -0.2) is 29.3 Å². The normalized spacial score (nSPS) is 12.8. The number of hydrogen-bond donors (Lipinski definition) is 1. The molecule has 0 amide bonds. The first kappa shape index (κ1) is 68.1. The first-order valence-electron chi connectivity index (χ1n) is 32.3. The first-order valence-corrected chi connectivity index (χ1v) is 33.8. The number of hydrogen-bond acceptors (Lipinski definition) is 2. The molecule has 0 aliphatic rings. The molecule has 0 fully saturated rings. The molecule has 68 heavy (non-hydrogen) atoms. The van der Waals surface area contributed by atoms with Gasteiger partial charge in [0.05, 0.1) is 6.61 Å². The van der Waals surface area contributed by atoms with Gasteiger partial charge >= 0.3 is 7.75 Å². The highest BCUT2D eigenvalue weighted by Gasteiger charge is 2.28. The fourth-order valence-electron chi connectivity index (χ4n) is 10.6. The smallest absolute Gasteiger partial charge is 0.312 e. The van der Waals surface area contributed by atoms with Crippen LogP contribution in [0.2, 0.25) is 0 Å². The number of nitrogens with zero attached hydrogens (tertiary/aromatic N) is 1. The Morgan fingerprint density at radius 1 is 0.250 bits per heavy atom. The van der Waals surface area contributed by atoms with Crippen molar-refractivity contribution in [2.75, 3.05) is 19.7 Å². The fourth-order valence-corrected chi connectivity index (χ4v) is 11.9. The van der Waals surface area contributed by atoms with Gasteiger partial charge < -0.3 is 4.89 Å². The van der Waals surface area contributed by atoms with Crippen LogP contribution < -0.4 is 0 Å². The Balaban J connectivity index is 3.82. The van der Waals surface area contributed by atoms with Crippen LogP contribution in [0.5, 0.6) is 0 Å². The second-order valence-electron chi connectivity index (χ2n) is 22.4. The molecule has 1 unspecified atom stereocenters. The summed E-state index contributed by atoms with van der Waals surface area (Å²) in [4.78, 5) is 11.0. The molecule has 1 atom stereocenters. The van der Waals surface area contributed by atoms with E-state index in [9.17, 15) is 9.46 Å². The molecule has 410 valence electrons. The summed E-state index contributed by atoms with van der Waals surface area (Å²) >= 11 is 0. The molecule has 0 bridgehead atoms. The second kappa shape index (κ2) is 59.7. The van der Waals surface area contributed by atoms with Gasteiger partial charge in [0.1, 0.15) is 0 Å². The van der Waals surface area contributed by atoms with Crippen LogP contribution in [-0.2, 0) is 9.09 Å². The molecule has 4 nitrogen and oxygen atoms in total. The minimum absolute atomic E-state index is 0.410. The molecule has 0 aromatic carbocycles. The molecule has 5 heteroatoms. The molecule has 1 N–H and O–H groups in total. The van der Waals surface area contributed by atoms with Crippen molar-refractivity contribution in [3.05, 3.63) is 0 Å². The van der Waals surface area contributed by atoms with Crippen LogP contribution in [0.4, 0.5) is 0 Å². The maximum atomic E-state index is 13.4. The van der Waals surface area contributed by atoms with Crippen LogP contribution in [0.3, 0.4) is 0 Å². The average Bonchev–Trinajstić information content (AvgIpc) is 3.34. The third kappa shape index (κ3) is 55.4. The third-order valence-electron chi connectivity index (χ3n) is 15.4. The van der Waals surface area contributed by atoms with Gasteiger partial charge in [-0.1, -0.05) is 367 Å². The minimum atomic E-state index is -3.73. The molecule has 0 rings (SSSR count). The summed E-state index contributed by atoms with van der Waals surface area (Å²) in [6.45, 7) is 8.64. The zero-order valence-corrected chi connectivity index (χ0v) is 48.5. The Morgan fingerprint density at radius 3 is 0.574 bits per heavy atom. The third-order valence-corrected chi connectivity index (χ3v) is 17.0. The highest BCUT2D eigenvalue weighted by molar-refractivity contribution is 7.50. The molecule has 0 aliphatic carbocycles. The van der Waals surface area contributed by atoms with Crippen LogP contribution in [0.1, 0.15) is 387 Å². The predicted molar refractivity (Wildman–Crippen MR) is 308 cm³/mol. The number of rotatable bonds is 62. The van der Waals surface area contributed by atoms with E-state index < -0.39 is 7.75 Å². The first-order chi connectivity index (χ1) is 33.6. The highest BCUT2D eigenvalue weighted by atomic mass is 31.2. The Morgan fingerprint density at radius 2 is 0.397 bits per heavy atom. The standard InChI is InChI=1S/C63H130NO3P/c1-4-7-10-13-15-17-19-21-23-25-27-29-31-33-35-37-39-41-43-45-47-49-51-53-55-58-61-64(68(65,66)67-63-60-57-12-9-6-3)62-59-56-54-52-50-48-46-44-42-40-38-36-34-32-30-28-26-24-22-20-18-16-14-11-8-5-2/h4-63H2,1-3H3,(H,65,66). The molecule has 0 saturated heterocycles. The quantitative estimate of drug-likeness (QED) is 0.0487. The molecule has 0 aliphatic heterocycles. The summed E-state index contributed by atoms with van der Waals surface area (Å²) in [5.41, 5.74) is 0. The number of unbranched alkanes of at least 4 members (excludes halogenated alkanes) is 54. The lowest BCUT2D eigenvalue weighted by molar-refractivity contribution is 0.194. The molecule has 0 heterocycles. The van der Waals surface area contributed by atoms with E-state index in [0.29, 0.717) is 19.7 Å². The lowest BCUT2D eigenvalue weighted by atomic mass is 10.0. The van der Waals surface area contributed by atoms with E-state index in [4.69, 9.17) is 4.52 Å². The van der Waals surface area contributed by atoms with Gasteiger partial charge in [0.2, 0.25) is 0 Å². The molecule has 0 saturated carbocycles. The van der Waals surface area contributed by atoms with Gasteiger partial charge in [0, 0.05) is 13.1 Å². The van der Waals surface area contributed by atoms with Crippen molar-refractivity contribution in [2.45, 2.75) is 387 Å². The topological polar surface area (TPSA) is 49.8 Å². The molecule has 0 aromatic rings. The van der Waals surface area contributed by atoms with Gasteiger partial charge in [0.15, 0.2) is 0 Å².